The normalized spacial score (nSPS) is 12.0. The monoisotopic (exact) mass is 508 g/mol. The van der Waals surface area contributed by atoms with E-state index in [1.807, 2.05) is 30.3 Å². The molecule has 6 nitrogen and oxygen atoms in total. The third-order valence-electron chi connectivity index (χ3n) is 5.86. The van der Waals surface area contributed by atoms with Crippen LogP contribution < -0.4 is 5.32 Å². The molecule has 0 aliphatic rings. The van der Waals surface area contributed by atoms with Crippen molar-refractivity contribution in [1.29, 1.82) is 0 Å². The van der Waals surface area contributed by atoms with Gasteiger partial charge in [-0.1, -0.05) is 62.4 Å². The van der Waals surface area contributed by atoms with Gasteiger partial charge in [0.25, 0.3) is 0 Å². The molecule has 0 radical (unpaired) electrons. The number of rotatable bonds is 6. The zero-order valence-corrected chi connectivity index (χ0v) is 20.7. The second kappa shape index (κ2) is 9.34. The summed E-state index contributed by atoms with van der Waals surface area (Å²) in [5.41, 5.74) is 5.25. The van der Waals surface area contributed by atoms with Crippen LogP contribution in [0.4, 0.5) is 19.0 Å². The van der Waals surface area contributed by atoms with Crippen LogP contribution in [0.25, 0.3) is 33.1 Å². The molecule has 36 heavy (non-hydrogen) atoms. The molecule has 184 valence electrons. The minimum absolute atomic E-state index is 0.260. The van der Waals surface area contributed by atoms with E-state index < -0.39 is 11.9 Å². The van der Waals surface area contributed by atoms with Crippen LogP contribution in [0.5, 0.6) is 0 Å². The fourth-order valence-electron chi connectivity index (χ4n) is 4.04. The van der Waals surface area contributed by atoms with Gasteiger partial charge in [-0.15, -0.1) is 11.3 Å². The predicted octanol–water partition coefficient (Wildman–Crippen LogP) is 6.91. The van der Waals surface area contributed by atoms with E-state index in [1.54, 1.807) is 24.7 Å². The van der Waals surface area contributed by atoms with E-state index in [0.717, 1.165) is 22.2 Å². The van der Waals surface area contributed by atoms with Gasteiger partial charge in [0.05, 0.1) is 5.51 Å². The summed E-state index contributed by atoms with van der Waals surface area (Å²) in [6.45, 7) is 4.74. The fraction of sp³-hybridized carbons (Fsp3) is 0.231. The molecule has 0 atom stereocenters. The molecule has 3 aromatic heterocycles. The lowest BCUT2D eigenvalue weighted by Gasteiger charge is -2.13. The Morgan fingerprint density at radius 1 is 1.00 bits per heavy atom. The minimum atomic E-state index is -4.48. The summed E-state index contributed by atoms with van der Waals surface area (Å²) in [4.78, 5) is 18.6. The van der Waals surface area contributed by atoms with Gasteiger partial charge in [-0.3, -0.25) is 0 Å². The van der Waals surface area contributed by atoms with Crippen LogP contribution in [0.15, 0.2) is 60.2 Å². The highest BCUT2D eigenvalue weighted by Gasteiger charge is 2.34. The zero-order valence-electron chi connectivity index (χ0n) is 19.8. The van der Waals surface area contributed by atoms with E-state index in [0.29, 0.717) is 35.2 Å². The fourth-order valence-corrected chi connectivity index (χ4v) is 4.70. The third-order valence-corrected chi connectivity index (χ3v) is 6.58. The predicted molar refractivity (Wildman–Crippen MR) is 136 cm³/mol. The summed E-state index contributed by atoms with van der Waals surface area (Å²) in [6.07, 6.45) is -3.49. The Hall–Kier alpha value is -3.79. The molecular formula is C26H23F3N6S. The number of aromatic nitrogens is 5. The van der Waals surface area contributed by atoms with E-state index in [-0.39, 0.29) is 5.82 Å². The first kappa shape index (κ1) is 23.9. The number of fused-ring (bicyclic) bond motifs is 1. The van der Waals surface area contributed by atoms with Gasteiger partial charge in [0, 0.05) is 30.9 Å². The molecule has 0 saturated heterocycles. The van der Waals surface area contributed by atoms with Gasteiger partial charge >= 0.3 is 6.18 Å². The van der Waals surface area contributed by atoms with Crippen LogP contribution in [0.3, 0.4) is 0 Å². The molecule has 0 unspecified atom stereocenters. The van der Waals surface area contributed by atoms with Crippen molar-refractivity contribution in [3.05, 3.63) is 77.1 Å². The lowest BCUT2D eigenvalue weighted by atomic mass is 9.97. The number of thiazole rings is 1. The van der Waals surface area contributed by atoms with Crippen LogP contribution in [-0.4, -0.2) is 24.5 Å². The molecule has 5 aromatic rings. The maximum atomic E-state index is 13.0. The van der Waals surface area contributed by atoms with Gasteiger partial charge in [0.15, 0.2) is 17.3 Å². The molecule has 0 aliphatic heterocycles. The summed E-state index contributed by atoms with van der Waals surface area (Å²) in [5.74, 6) is 1.86. The number of anilines is 1. The highest BCUT2D eigenvalue weighted by molar-refractivity contribution is 7.16. The van der Waals surface area contributed by atoms with Crippen molar-refractivity contribution >= 4 is 27.5 Å². The van der Waals surface area contributed by atoms with Crippen LogP contribution >= 0.6 is 11.3 Å². The van der Waals surface area contributed by atoms with Crippen molar-refractivity contribution in [2.24, 2.45) is 7.05 Å². The number of nitrogens with one attached hydrogen (secondary N) is 1. The van der Waals surface area contributed by atoms with Crippen molar-refractivity contribution in [1.82, 2.24) is 24.5 Å². The van der Waals surface area contributed by atoms with E-state index in [1.165, 1.54) is 21.5 Å². The Morgan fingerprint density at radius 3 is 2.44 bits per heavy atom. The first-order valence-electron chi connectivity index (χ1n) is 11.3. The standard InChI is InChI=1S/C26H23F3N6S/c1-15(2)18-6-4-5-7-19(18)22-33-23(21-25(34-22)36-14-31-21)30-12-16-8-10-17(11-9-16)24-32-20(13-35(24)3)26(27,28)29/h4-11,13-15H,12H2,1-3H3,(H,30,33,34). The lowest BCUT2D eigenvalue weighted by Crippen LogP contribution is -2.05. The molecule has 1 N–H and O–H groups in total. The summed E-state index contributed by atoms with van der Waals surface area (Å²) in [5, 5.41) is 3.37. The van der Waals surface area contributed by atoms with Crippen LogP contribution in [-0.2, 0) is 19.8 Å². The molecule has 2 aromatic carbocycles. The summed E-state index contributed by atoms with van der Waals surface area (Å²) in [7, 11) is 1.55. The Labute approximate surface area is 209 Å². The van der Waals surface area contributed by atoms with Gasteiger partial charge in [0.1, 0.15) is 16.2 Å². The third kappa shape index (κ3) is 4.68. The number of imidazole rings is 1. The van der Waals surface area contributed by atoms with Crippen molar-refractivity contribution < 1.29 is 13.2 Å². The van der Waals surface area contributed by atoms with Gasteiger partial charge in [-0.25, -0.2) is 19.9 Å². The van der Waals surface area contributed by atoms with E-state index in [9.17, 15) is 13.2 Å². The average Bonchev–Trinajstić information content (AvgIpc) is 3.49. The Balaban J connectivity index is 1.40. The highest BCUT2D eigenvalue weighted by Crippen LogP contribution is 2.32. The average molecular weight is 509 g/mol. The molecule has 0 bridgehead atoms. The maximum Gasteiger partial charge on any atom is 0.434 e. The van der Waals surface area contributed by atoms with Crippen LogP contribution in [0.2, 0.25) is 0 Å². The summed E-state index contributed by atoms with van der Waals surface area (Å²) in [6, 6.07) is 15.4. The van der Waals surface area contributed by atoms with Crippen molar-refractivity contribution in [2.45, 2.75) is 32.5 Å². The number of hydrogen-bond acceptors (Lipinski definition) is 6. The maximum absolute atomic E-state index is 13.0. The lowest BCUT2D eigenvalue weighted by molar-refractivity contribution is -0.140. The van der Waals surface area contributed by atoms with Crippen LogP contribution in [0, 0.1) is 0 Å². The van der Waals surface area contributed by atoms with E-state index in [4.69, 9.17) is 9.97 Å². The summed E-state index contributed by atoms with van der Waals surface area (Å²) >= 11 is 1.46. The molecule has 0 aliphatic carbocycles. The van der Waals surface area contributed by atoms with Crippen molar-refractivity contribution in [2.75, 3.05) is 5.32 Å². The SMILES string of the molecule is CC(C)c1ccccc1-c1nc(NCc2ccc(-c3nc(C(F)(F)F)cn3C)cc2)c2ncsc2n1. The number of hydrogen-bond donors (Lipinski definition) is 1. The molecule has 0 amide bonds. The van der Waals surface area contributed by atoms with Crippen molar-refractivity contribution in [3.8, 4) is 22.8 Å². The highest BCUT2D eigenvalue weighted by atomic mass is 32.1. The topological polar surface area (TPSA) is 68.5 Å². The Kier molecular flexibility index (Phi) is 6.21. The van der Waals surface area contributed by atoms with Gasteiger partial charge in [-0.2, -0.15) is 13.2 Å². The largest absolute Gasteiger partial charge is 0.434 e. The zero-order chi connectivity index (χ0) is 25.4. The van der Waals surface area contributed by atoms with Crippen LogP contribution in [0.1, 0.15) is 36.6 Å². The van der Waals surface area contributed by atoms with Crippen molar-refractivity contribution in [3.63, 3.8) is 0 Å². The second-order valence-electron chi connectivity index (χ2n) is 8.75. The van der Waals surface area contributed by atoms with E-state index >= 15 is 0 Å². The number of alkyl halides is 3. The number of aryl methyl sites for hydroxylation is 1. The number of benzene rings is 2. The Bertz CT molecular complexity index is 1520. The molecule has 5 rings (SSSR count). The molecule has 10 heteroatoms. The molecule has 3 heterocycles. The molecule has 0 fully saturated rings. The second-order valence-corrected chi connectivity index (χ2v) is 9.59. The molecular weight excluding hydrogens is 485 g/mol. The van der Waals surface area contributed by atoms with Gasteiger partial charge < -0.3 is 9.88 Å². The van der Waals surface area contributed by atoms with Gasteiger partial charge in [0.2, 0.25) is 0 Å². The van der Waals surface area contributed by atoms with E-state index in [2.05, 4.69) is 35.2 Å². The Morgan fingerprint density at radius 2 is 1.75 bits per heavy atom. The first-order valence-corrected chi connectivity index (χ1v) is 12.2. The molecule has 0 saturated carbocycles. The number of nitrogens with zero attached hydrogens (tertiary/aromatic N) is 5. The first-order chi connectivity index (χ1) is 17.2. The minimum Gasteiger partial charge on any atom is -0.364 e. The molecule has 0 spiro atoms. The smallest absolute Gasteiger partial charge is 0.364 e. The van der Waals surface area contributed by atoms with Gasteiger partial charge in [-0.05, 0) is 17.0 Å². The summed E-state index contributed by atoms with van der Waals surface area (Å²) < 4.78 is 40.4. The number of halogens is 3. The quantitative estimate of drug-likeness (QED) is 0.270.